The van der Waals surface area contributed by atoms with E-state index in [-0.39, 0.29) is 0 Å². The number of carboxylic acid groups (broad SMARTS) is 2. The molecule has 8 N–H and O–H groups in total. The lowest BCUT2D eigenvalue weighted by Gasteiger charge is -2.25. The van der Waals surface area contributed by atoms with E-state index in [2.05, 4.69) is 0 Å². The molecule has 11 nitrogen and oxygen atoms in total. The number of rotatable bonds is 10. The van der Waals surface area contributed by atoms with Crippen LogP contribution >= 0.6 is 0 Å². The number of carbonyl (C=O) groups excluding carboxylic acids is 1. The Morgan fingerprint density at radius 1 is 0.955 bits per heavy atom. The van der Waals surface area contributed by atoms with Gasteiger partial charge in [0.05, 0.1) is 6.61 Å². The first-order chi connectivity index (χ1) is 10.1. The molecule has 0 aliphatic carbocycles. The molecule has 0 heterocycles. The van der Waals surface area contributed by atoms with Crippen LogP contribution in [0.1, 0.15) is 12.8 Å². The Hall–Kier alpha value is -1.79. The predicted molar refractivity (Wildman–Crippen MR) is 67.5 cm³/mol. The molecule has 0 fully saturated rings. The Kier molecular flexibility index (Phi) is 8.52. The van der Waals surface area contributed by atoms with Crippen LogP contribution in [0.3, 0.4) is 0 Å². The van der Waals surface area contributed by atoms with E-state index in [1.54, 1.807) is 5.32 Å². The molecule has 128 valence electrons. The number of aliphatic hydroxyl groups is 5. The summed E-state index contributed by atoms with van der Waals surface area (Å²) in [7, 11) is 0. The van der Waals surface area contributed by atoms with Gasteiger partial charge in [-0.25, -0.2) is 4.79 Å². The largest absolute Gasteiger partial charge is 0.481 e. The zero-order valence-corrected chi connectivity index (χ0v) is 11.4. The zero-order valence-electron chi connectivity index (χ0n) is 11.4. The number of aliphatic hydroxyl groups excluding tert-OH is 5. The summed E-state index contributed by atoms with van der Waals surface area (Å²) in [6.07, 6.45) is -9.35. The van der Waals surface area contributed by atoms with E-state index in [1.165, 1.54) is 0 Å². The maximum atomic E-state index is 11.6. The topological polar surface area (TPSA) is 205 Å². The minimum atomic E-state index is -2.29. The van der Waals surface area contributed by atoms with Gasteiger partial charge in [-0.05, 0) is 6.42 Å². The van der Waals surface area contributed by atoms with Crippen molar-refractivity contribution in [3.8, 4) is 0 Å². The van der Waals surface area contributed by atoms with Gasteiger partial charge in [-0.3, -0.25) is 9.59 Å². The van der Waals surface area contributed by atoms with Crippen molar-refractivity contribution >= 4 is 17.8 Å². The van der Waals surface area contributed by atoms with Crippen molar-refractivity contribution in [3.63, 3.8) is 0 Å². The van der Waals surface area contributed by atoms with Crippen molar-refractivity contribution in [2.75, 3.05) is 6.61 Å². The first-order valence-corrected chi connectivity index (χ1v) is 6.19. The fourth-order valence-corrected chi connectivity index (χ4v) is 1.46. The van der Waals surface area contributed by atoms with Gasteiger partial charge < -0.3 is 41.1 Å². The Morgan fingerprint density at radius 2 is 1.50 bits per heavy atom. The predicted octanol–water partition coefficient (Wildman–Crippen LogP) is -4.14. The third-order valence-electron chi connectivity index (χ3n) is 2.78. The van der Waals surface area contributed by atoms with E-state index in [9.17, 15) is 29.7 Å². The van der Waals surface area contributed by atoms with Crippen LogP contribution < -0.4 is 5.32 Å². The number of carbonyl (C=O) groups is 3. The van der Waals surface area contributed by atoms with E-state index < -0.39 is 67.8 Å². The highest BCUT2D eigenvalue weighted by Crippen LogP contribution is 2.07. The molecule has 0 saturated heterocycles. The van der Waals surface area contributed by atoms with Crippen LogP contribution in [-0.4, -0.2) is 90.7 Å². The zero-order chi connectivity index (χ0) is 17.4. The van der Waals surface area contributed by atoms with Crippen LogP contribution in [0.4, 0.5) is 0 Å². The Morgan fingerprint density at radius 3 is 1.91 bits per heavy atom. The van der Waals surface area contributed by atoms with Gasteiger partial charge in [0, 0.05) is 6.42 Å². The number of hydrogen-bond acceptors (Lipinski definition) is 8. The average Bonchev–Trinajstić information content (AvgIpc) is 2.47. The first kappa shape index (κ1) is 20.2. The molecule has 0 aromatic carbocycles. The summed E-state index contributed by atoms with van der Waals surface area (Å²) < 4.78 is 0. The third kappa shape index (κ3) is 6.32. The van der Waals surface area contributed by atoms with E-state index in [4.69, 9.17) is 20.4 Å². The lowest BCUT2D eigenvalue weighted by Crippen LogP contribution is -2.54. The van der Waals surface area contributed by atoms with Gasteiger partial charge >= 0.3 is 11.9 Å². The van der Waals surface area contributed by atoms with Gasteiger partial charge in [0.25, 0.3) is 5.91 Å². The maximum Gasteiger partial charge on any atom is 0.326 e. The lowest BCUT2D eigenvalue weighted by molar-refractivity contribution is -0.153. The first-order valence-electron chi connectivity index (χ1n) is 6.19. The second kappa shape index (κ2) is 9.27. The second-order valence-corrected chi connectivity index (χ2v) is 4.51. The summed E-state index contributed by atoms with van der Waals surface area (Å²) in [5, 5.41) is 65.0. The van der Waals surface area contributed by atoms with Crippen LogP contribution in [0, 0.1) is 0 Å². The number of nitrogens with one attached hydrogen (secondary N) is 1. The minimum Gasteiger partial charge on any atom is -0.481 e. The van der Waals surface area contributed by atoms with Crippen molar-refractivity contribution in [2.24, 2.45) is 0 Å². The molecule has 22 heavy (non-hydrogen) atoms. The highest BCUT2D eigenvalue weighted by atomic mass is 16.4. The fourth-order valence-electron chi connectivity index (χ4n) is 1.46. The summed E-state index contributed by atoms with van der Waals surface area (Å²) >= 11 is 0. The number of amides is 1. The van der Waals surface area contributed by atoms with Crippen LogP contribution in [0.2, 0.25) is 0 Å². The SMILES string of the molecule is O=C(O)CC[C@@H](NC(=O)[C@H](O)[C@@H](O)[C@H](O)[C@H](O)CO)C(=O)O. The van der Waals surface area contributed by atoms with Gasteiger partial charge in [0.1, 0.15) is 24.4 Å². The molecule has 5 atom stereocenters. The number of carboxylic acids is 2. The molecule has 0 radical (unpaired) electrons. The van der Waals surface area contributed by atoms with E-state index >= 15 is 0 Å². The van der Waals surface area contributed by atoms with Gasteiger partial charge in [-0.1, -0.05) is 0 Å². The molecule has 0 rings (SSSR count). The van der Waals surface area contributed by atoms with Gasteiger partial charge in [0.15, 0.2) is 6.10 Å². The highest BCUT2D eigenvalue weighted by Gasteiger charge is 2.35. The van der Waals surface area contributed by atoms with Crippen molar-refractivity contribution in [3.05, 3.63) is 0 Å². The molecule has 0 aliphatic rings. The molecule has 0 aromatic rings. The van der Waals surface area contributed by atoms with Gasteiger partial charge in [-0.15, -0.1) is 0 Å². The molecular weight excluding hydrogens is 306 g/mol. The van der Waals surface area contributed by atoms with Crippen LogP contribution in [0.25, 0.3) is 0 Å². The molecule has 0 unspecified atom stereocenters. The van der Waals surface area contributed by atoms with Crippen LogP contribution in [-0.2, 0) is 14.4 Å². The van der Waals surface area contributed by atoms with Crippen LogP contribution in [0.5, 0.6) is 0 Å². The highest BCUT2D eigenvalue weighted by molar-refractivity contribution is 5.86. The summed E-state index contributed by atoms with van der Waals surface area (Å²) in [6.45, 7) is -0.942. The fraction of sp³-hybridized carbons (Fsp3) is 0.727. The molecular formula is C11H19NO10. The standard InChI is InChI=1S/C11H19NO10/c13-3-5(14)7(17)8(18)9(19)10(20)12-4(11(21)22)1-2-6(15)16/h4-5,7-9,13-14,17-19H,1-3H2,(H,12,20)(H,15,16)(H,21,22)/t4-,5-,7-,8+,9-/m1/s1. The summed E-state index contributed by atoms with van der Waals surface area (Å²) in [4.78, 5) is 32.8. The lowest BCUT2D eigenvalue weighted by atomic mass is 10.0. The van der Waals surface area contributed by atoms with E-state index in [0.717, 1.165) is 0 Å². The van der Waals surface area contributed by atoms with Crippen molar-refractivity contribution < 1.29 is 50.1 Å². The van der Waals surface area contributed by atoms with E-state index in [0.29, 0.717) is 0 Å². The van der Waals surface area contributed by atoms with Crippen molar-refractivity contribution in [1.29, 1.82) is 0 Å². The normalized spacial score (nSPS) is 17.9. The van der Waals surface area contributed by atoms with E-state index in [1.807, 2.05) is 0 Å². The third-order valence-corrected chi connectivity index (χ3v) is 2.78. The molecule has 0 bridgehead atoms. The molecule has 0 aliphatic heterocycles. The van der Waals surface area contributed by atoms with Crippen molar-refractivity contribution in [1.82, 2.24) is 5.32 Å². The quantitative estimate of drug-likeness (QED) is 0.194. The molecule has 0 spiro atoms. The number of hydrogen-bond donors (Lipinski definition) is 8. The van der Waals surface area contributed by atoms with Gasteiger partial charge in [-0.2, -0.15) is 0 Å². The summed E-state index contributed by atoms with van der Waals surface area (Å²) in [5.74, 6) is -4.22. The minimum absolute atomic E-state index is 0.457. The van der Waals surface area contributed by atoms with Crippen LogP contribution in [0.15, 0.2) is 0 Å². The average molecular weight is 325 g/mol. The Labute approximate surface area is 124 Å². The molecule has 0 aromatic heterocycles. The monoisotopic (exact) mass is 325 g/mol. The molecule has 11 heteroatoms. The second-order valence-electron chi connectivity index (χ2n) is 4.51. The maximum absolute atomic E-state index is 11.6. The Bertz CT molecular complexity index is 400. The number of aliphatic carboxylic acids is 2. The smallest absolute Gasteiger partial charge is 0.326 e. The summed E-state index contributed by atoms with van der Waals surface area (Å²) in [6, 6.07) is -1.62. The van der Waals surface area contributed by atoms with Gasteiger partial charge in [0.2, 0.25) is 0 Å². The Balaban J connectivity index is 4.71. The van der Waals surface area contributed by atoms with Crippen molar-refractivity contribution in [2.45, 2.75) is 43.3 Å². The molecule has 0 saturated carbocycles. The summed E-state index contributed by atoms with van der Waals surface area (Å²) in [5.41, 5.74) is 0. The molecule has 1 amide bonds.